The van der Waals surface area contributed by atoms with Crippen molar-refractivity contribution >= 4 is 43.1 Å². The molecule has 0 heterocycles. The van der Waals surface area contributed by atoms with E-state index in [0.717, 1.165) is 11.5 Å². The molecular formula is C46H54O. The zero-order valence-corrected chi connectivity index (χ0v) is 32.4. The highest BCUT2D eigenvalue weighted by Crippen LogP contribution is 2.49. The first-order valence-electron chi connectivity index (χ1n) is 17.4. The second-order valence-electron chi connectivity index (χ2n) is 15.0. The minimum Gasteiger partial charge on any atom is -0.456 e. The maximum Gasteiger partial charge on any atom is 0.134 e. The van der Waals surface area contributed by atoms with Gasteiger partial charge in [0.1, 0.15) is 11.5 Å². The van der Waals surface area contributed by atoms with Crippen LogP contribution in [0, 0.1) is 125 Å². The van der Waals surface area contributed by atoms with Crippen LogP contribution in [0.2, 0.25) is 0 Å². The summed E-state index contributed by atoms with van der Waals surface area (Å²) in [7, 11) is 0. The van der Waals surface area contributed by atoms with E-state index in [4.69, 9.17) is 4.74 Å². The van der Waals surface area contributed by atoms with Crippen LogP contribution in [0.25, 0.3) is 43.1 Å². The molecule has 0 radical (unpaired) electrons. The summed E-state index contributed by atoms with van der Waals surface area (Å²) in [6.45, 7) is 41.4. The fourth-order valence-electron chi connectivity index (χ4n) is 9.54. The third-order valence-electron chi connectivity index (χ3n) is 13.1. The minimum atomic E-state index is 1.01. The Bertz CT molecular complexity index is 2260. The molecule has 0 fully saturated rings. The molecule has 0 saturated carbocycles. The van der Waals surface area contributed by atoms with Gasteiger partial charge in [0.15, 0.2) is 0 Å². The summed E-state index contributed by atoms with van der Waals surface area (Å²) in [6, 6.07) is 0. The van der Waals surface area contributed by atoms with E-state index in [1.54, 1.807) is 0 Å². The number of hydrogen-bond acceptors (Lipinski definition) is 1. The van der Waals surface area contributed by atoms with E-state index in [1.807, 2.05) is 0 Å². The average Bonchev–Trinajstić information content (AvgIpc) is 3.03. The summed E-state index contributed by atoms with van der Waals surface area (Å²) in [5, 5.41) is 11.2. The summed E-state index contributed by atoms with van der Waals surface area (Å²) >= 11 is 0. The van der Waals surface area contributed by atoms with Gasteiger partial charge >= 0.3 is 0 Å². The molecule has 6 aromatic carbocycles. The first kappa shape index (κ1) is 33.1. The number of fused-ring (bicyclic) bond motifs is 4. The SMILES string of the molecule is Cc1c(C)c(C)c2c(C)c3c(C)c(Oc4c(C)c(C)c5c(C)c6c(C)c(C)c(C)c(C)c6c(C)c5c4C)c(C)c(C)c3c(C)c2c1C. The maximum atomic E-state index is 7.29. The number of benzene rings is 6. The number of rotatable bonds is 2. The van der Waals surface area contributed by atoms with Gasteiger partial charge in [-0.3, -0.25) is 0 Å². The normalized spacial score (nSPS) is 12.0. The van der Waals surface area contributed by atoms with Gasteiger partial charge in [0, 0.05) is 11.1 Å². The van der Waals surface area contributed by atoms with Crippen molar-refractivity contribution < 1.29 is 4.74 Å². The molecule has 47 heavy (non-hydrogen) atoms. The van der Waals surface area contributed by atoms with E-state index >= 15 is 0 Å². The fraction of sp³-hybridized carbons (Fsp3) is 0.391. The largest absolute Gasteiger partial charge is 0.456 e. The Morgan fingerprint density at radius 3 is 0.553 bits per heavy atom. The molecule has 0 unspecified atom stereocenters. The van der Waals surface area contributed by atoms with Crippen LogP contribution >= 0.6 is 0 Å². The predicted molar refractivity (Wildman–Crippen MR) is 208 cm³/mol. The van der Waals surface area contributed by atoms with E-state index in [2.05, 4.69) is 125 Å². The van der Waals surface area contributed by atoms with Gasteiger partial charge in [0.2, 0.25) is 0 Å². The zero-order chi connectivity index (χ0) is 34.9. The Balaban J connectivity index is 1.72. The van der Waals surface area contributed by atoms with Crippen molar-refractivity contribution in [2.45, 2.75) is 125 Å². The smallest absolute Gasteiger partial charge is 0.134 e. The van der Waals surface area contributed by atoms with Crippen LogP contribution in [-0.4, -0.2) is 0 Å². The zero-order valence-electron chi connectivity index (χ0n) is 32.4. The average molecular weight is 623 g/mol. The first-order valence-corrected chi connectivity index (χ1v) is 17.4. The monoisotopic (exact) mass is 622 g/mol. The van der Waals surface area contributed by atoms with Crippen molar-refractivity contribution in [2.24, 2.45) is 0 Å². The quantitative estimate of drug-likeness (QED) is 0.175. The van der Waals surface area contributed by atoms with Crippen LogP contribution in [-0.2, 0) is 0 Å². The van der Waals surface area contributed by atoms with Crippen molar-refractivity contribution in [3.8, 4) is 11.5 Å². The highest BCUT2D eigenvalue weighted by molar-refractivity contribution is 6.13. The van der Waals surface area contributed by atoms with E-state index in [1.165, 1.54) is 143 Å². The van der Waals surface area contributed by atoms with Crippen LogP contribution in [0.4, 0.5) is 0 Å². The van der Waals surface area contributed by atoms with Crippen LogP contribution in [0.5, 0.6) is 11.5 Å². The van der Waals surface area contributed by atoms with Gasteiger partial charge in [-0.05, 0) is 257 Å². The van der Waals surface area contributed by atoms with E-state index < -0.39 is 0 Å². The maximum absolute atomic E-state index is 7.29. The Kier molecular flexibility index (Phi) is 7.63. The molecule has 0 aliphatic rings. The van der Waals surface area contributed by atoms with Crippen LogP contribution < -0.4 is 4.74 Å². The number of aryl methyl sites for hydroxylation is 12. The summed E-state index contributed by atoms with van der Waals surface area (Å²) in [5.41, 5.74) is 24.3. The molecule has 244 valence electrons. The Morgan fingerprint density at radius 1 is 0.170 bits per heavy atom. The molecule has 0 atom stereocenters. The van der Waals surface area contributed by atoms with Gasteiger partial charge in [-0.25, -0.2) is 0 Å². The predicted octanol–water partition coefficient (Wildman–Crippen LogP) is 13.6. The van der Waals surface area contributed by atoms with Crippen LogP contribution in [0.1, 0.15) is 100 Å². The molecule has 0 bridgehead atoms. The third kappa shape index (κ3) is 4.14. The molecule has 0 aromatic heterocycles. The first-order chi connectivity index (χ1) is 21.9. The second kappa shape index (κ2) is 10.8. The lowest BCUT2D eigenvalue weighted by molar-refractivity contribution is 0.469. The molecule has 0 amide bonds. The summed E-state index contributed by atoms with van der Waals surface area (Å²) < 4.78 is 7.29. The van der Waals surface area contributed by atoms with Gasteiger partial charge in [-0.2, -0.15) is 0 Å². The topological polar surface area (TPSA) is 9.23 Å². The molecule has 0 saturated heterocycles. The van der Waals surface area contributed by atoms with Crippen molar-refractivity contribution in [3.63, 3.8) is 0 Å². The van der Waals surface area contributed by atoms with Crippen LogP contribution in [0.3, 0.4) is 0 Å². The van der Waals surface area contributed by atoms with Gasteiger partial charge < -0.3 is 4.74 Å². The summed E-state index contributed by atoms with van der Waals surface area (Å²) in [6.07, 6.45) is 0. The van der Waals surface area contributed by atoms with Crippen LogP contribution in [0.15, 0.2) is 0 Å². The molecule has 0 aliphatic carbocycles. The Morgan fingerprint density at radius 2 is 0.340 bits per heavy atom. The van der Waals surface area contributed by atoms with Gasteiger partial charge in [-0.1, -0.05) is 0 Å². The molecule has 6 rings (SSSR count). The van der Waals surface area contributed by atoms with E-state index in [-0.39, 0.29) is 0 Å². The van der Waals surface area contributed by atoms with E-state index in [0.29, 0.717) is 0 Å². The highest BCUT2D eigenvalue weighted by Gasteiger charge is 2.26. The van der Waals surface area contributed by atoms with Crippen molar-refractivity contribution in [1.82, 2.24) is 0 Å². The molecule has 0 spiro atoms. The Labute approximate surface area is 283 Å². The fourth-order valence-corrected chi connectivity index (χ4v) is 9.54. The minimum absolute atomic E-state index is 1.01. The summed E-state index contributed by atoms with van der Waals surface area (Å²) in [5.74, 6) is 2.02. The number of hydrogen-bond donors (Lipinski definition) is 0. The molecule has 1 nitrogen and oxygen atoms in total. The molecule has 6 aromatic rings. The van der Waals surface area contributed by atoms with Gasteiger partial charge in [0.25, 0.3) is 0 Å². The molecule has 0 N–H and O–H groups in total. The van der Waals surface area contributed by atoms with E-state index in [9.17, 15) is 0 Å². The van der Waals surface area contributed by atoms with Gasteiger partial charge in [-0.15, -0.1) is 0 Å². The molecular weight excluding hydrogens is 569 g/mol. The lowest BCUT2D eigenvalue weighted by atomic mass is 9.81. The second-order valence-corrected chi connectivity index (χ2v) is 15.0. The van der Waals surface area contributed by atoms with Crippen molar-refractivity contribution in [3.05, 3.63) is 100 Å². The summed E-state index contributed by atoms with van der Waals surface area (Å²) in [4.78, 5) is 0. The lowest BCUT2D eigenvalue weighted by Crippen LogP contribution is -2.05. The Hall–Kier alpha value is -3.84. The standard InChI is InChI=1S/C46H54O/c1-19-21(3)25(7)39-33(15)43-35(17)45(29(11)27(9)41(43)31(13)37(39)23(19)5)47-46-30(12)28(10)42-32(14)38-24(6)20(2)22(4)26(8)40(38)34(16)44(42)36(46)18/h1-18H3. The lowest BCUT2D eigenvalue weighted by Gasteiger charge is -2.27. The van der Waals surface area contributed by atoms with Crippen molar-refractivity contribution in [2.75, 3.05) is 0 Å². The number of ether oxygens (including phenoxy) is 1. The van der Waals surface area contributed by atoms with Gasteiger partial charge in [0.05, 0.1) is 0 Å². The third-order valence-corrected chi connectivity index (χ3v) is 13.1. The van der Waals surface area contributed by atoms with Crippen molar-refractivity contribution in [1.29, 1.82) is 0 Å². The highest BCUT2D eigenvalue weighted by atomic mass is 16.5. The molecule has 0 aliphatic heterocycles. The molecule has 1 heteroatoms.